The molecule has 0 heterocycles. The Morgan fingerprint density at radius 1 is 1.64 bits per heavy atom. The molecule has 0 amide bonds. The molecule has 0 saturated carbocycles. The Hall–Kier alpha value is -1.13. The van der Waals surface area contributed by atoms with Crippen LogP contribution < -0.4 is 5.73 Å². The number of benzene rings is 1. The van der Waals surface area contributed by atoms with Crippen LogP contribution in [0.5, 0.6) is 0 Å². The van der Waals surface area contributed by atoms with Gasteiger partial charge in [0, 0.05) is 11.1 Å². The molecule has 0 unspecified atom stereocenters. The van der Waals surface area contributed by atoms with E-state index in [9.17, 15) is 9.18 Å². The number of nitrogens with two attached hydrogens (primary N) is 1. The third kappa shape index (κ3) is 2.68. The second kappa shape index (κ2) is 4.39. The molecular weight excluding hydrogens is 209 g/mol. The van der Waals surface area contributed by atoms with Gasteiger partial charge < -0.3 is 10.8 Å². The summed E-state index contributed by atoms with van der Waals surface area (Å²) in [5, 5.41) is 8.77. The maximum atomic E-state index is 12.8. The van der Waals surface area contributed by atoms with Crippen molar-refractivity contribution in [3.63, 3.8) is 0 Å². The molecule has 0 spiro atoms. The van der Waals surface area contributed by atoms with Crippen molar-refractivity contribution in [2.24, 2.45) is 5.73 Å². The number of halogens is 2. The van der Waals surface area contributed by atoms with Crippen LogP contribution >= 0.6 is 11.6 Å². The zero-order valence-corrected chi connectivity index (χ0v) is 7.96. The highest BCUT2D eigenvalue weighted by atomic mass is 35.5. The van der Waals surface area contributed by atoms with E-state index in [4.69, 9.17) is 22.4 Å². The van der Waals surface area contributed by atoms with Crippen LogP contribution in [0.3, 0.4) is 0 Å². The summed E-state index contributed by atoms with van der Waals surface area (Å²) in [6.07, 6.45) is -0.275. The summed E-state index contributed by atoms with van der Waals surface area (Å²) in [7, 11) is 0. The SMILES string of the molecule is N[C@H](CC(=O)O)c1cc(F)ccc1Cl. The minimum absolute atomic E-state index is 0.275. The first-order valence-electron chi connectivity index (χ1n) is 3.93. The predicted octanol–water partition coefficient (Wildman–Crippen LogP) is 1.95. The quantitative estimate of drug-likeness (QED) is 0.814. The number of aliphatic carboxylic acids is 1. The molecule has 1 rings (SSSR count). The summed E-state index contributed by atoms with van der Waals surface area (Å²) in [6, 6.07) is 2.92. The van der Waals surface area contributed by atoms with Crippen molar-refractivity contribution in [1.29, 1.82) is 0 Å². The molecule has 5 heteroatoms. The van der Waals surface area contributed by atoms with Gasteiger partial charge in [-0.1, -0.05) is 11.6 Å². The van der Waals surface area contributed by atoms with Crippen molar-refractivity contribution in [2.45, 2.75) is 12.5 Å². The van der Waals surface area contributed by atoms with E-state index in [1.54, 1.807) is 0 Å². The first-order chi connectivity index (χ1) is 6.50. The minimum Gasteiger partial charge on any atom is -0.481 e. The van der Waals surface area contributed by atoms with E-state index in [1.165, 1.54) is 12.1 Å². The number of carboxylic acid groups (broad SMARTS) is 1. The van der Waals surface area contributed by atoms with Gasteiger partial charge in [-0.2, -0.15) is 0 Å². The van der Waals surface area contributed by atoms with E-state index >= 15 is 0 Å². The molecule has 0 radical (unpaired) electrons. The lowest BCUT2D eigenvalue weighted by Crippen LogP contribution is -2.15. The molecule has 0 aliphatic rings. The minimum atomic E-state index is -1.04. The van der Waals surface area contributed by atoms with Gasteiger partial charge in [0.15, 0.2) is 0 Å². The first-order valence-corrected chi connectivity index (χ1v) is 4.31. The third-order valence-corrected chi connectivity index (χ3v) is 2.10. The fraction of sp³-hybridized carbons (Fsp3) is 0.222. The Morgan fingerprint density at radius 2 is 2.29 bits per heavy atom. The fourth-order valence-electron chi connectivity index (χ4n) is 1.10. The highest BCUT2D eigenvalue weighted by molar-refractivity contribution is 6.31. The number of carbonyl (C=O) groups is 1. The Bertz CT molecular complexity index is 357. The molecule has 0 fully saturated rings. The Morgan fingerprint density at radius 3 is 2.86 bits per heavy atom. The number of rotatable bonds is 3. The molecule has 0 aliphatic heterocycles. The lowest BCUT2D eigenvalue weighted by Gasteiger charge is -2.10. The molecule has 1 atom stereocenters. The maximum Gasteiger partial charge on any atom is 0.305 e. The van der Waals surface area contributed by atoms with Crippen LogP contribution in [-0.2, 0) is 4.79 Å². The lowest BCUT2D eigenvalue weighted by molar-refractivity contribution is -0.137. The normalized spacial score (nSPS) is 12.5. The van der Waals surface area contributed by atoms with Gasteiger partial charge in [0.25, 0.3) is 0 Å². The summed E-state index contributed by atoms with van der Waals surface area (Å²) < 4.78 is 12.8. The van der Waals surface area contributed by atoms with E-state index < -0.39 is 17.8 Å². The topological polar surface area (TPSA) is 63.3 Å². The molecule has 3 nitrogen and oxygen atoms in total. The predicted molar refractivity (Wildman–Crippen MR) is 50.6 cm³/mol. The molecule has 3 N–H and O–H groups in total. The highest BCUT2D eigenvalue weighted by Gasteiger charge is 2.14. The van der Waals surface area contributed by atoms with Gasteiger partial charge in [-0.3, -0.25) is 4.79 Å². The maximum absolute atomic E-state index is 12.8. The van der Waals surface area contributed by atoms with Crippen molar-refractivity contribution < 1.29 is 14.3 Å². The molecule has 76 valence electrons. The Balaban J connectivity index is 2.93. The second-order valence-corrected chi connectivity index (χ2v) is 3.28. The van der Waals surface area contributed by atoms with Crippen LogP contribution in [-0.4, -0.2) is 11.1 Å². The van der Waals surface area contributed by atoms with Gasteiger partial charge in [-0.15, -0.1) is 0 Å². The van der Waals surface area contributed by atoms with Crippen LogP contribution in [0.4, 0.5) is 4.39 Å². The van der Waals surface area contributed by atoms with Crippen LogP contribution in [0.25, 0.3) is 0 Å². The molecule has 0 bridgehead atoms. The van der Waals surface area contributed by atoms with E-state index in [0.717, 1.165) is 6.07 Å². The van der Waals surface area contributed by atoms with Gasteiger partial charge in [0.05, 0.1) is 6.42 Å². The molecular formula is C9H9ClFNO2. The van der Waals surface area contributed by atoms with Gasteiger partial charge in [-0.05, 0) is 23.8 Å². The molecule has 1 aromatic rings. The number of carboxylic acids is 1. The molecule has 0 aliphatic carbocycles. The Labute approximate surface area is 85.3 Å². The average molecular weight is 218 g/mol. The molecule has 1 aromatic carbocycles. The summed E-state index contributed by atoms with van der Waals surface area (Å²) in [5.74, 6) is -1.52. The van der Waals surface area contributed by atoms with Crippen LogP contribution in [0.2, 0.25) is 5.02 Å². The third-order valence-electron chi connectivity index (χ3n) is 1.75. The van der Waals surface area contributed by atoms with Crippen molar-refractivity contribution in [3.8, 4) is 0 Å². The van der Waals surface area contributed by atoms with Crippen LogP contribution in [0, 0.1) is 5.82 Å². The van der Waals surface area contributed by atoms with Crippen LogP contribution in [0.1, 0.15) is 18.0 Å². The van der Waals surface area contributed by atoms with Gasteiger partial charge in [-0.25, -0.2) is 4.39 Å². The molecule has 0 saturated heterocycles. The summed E-state index contributed by atoms with van der Waals surface area (Å²) in [5.41, 5.74) is 5.85. The van der Waals surface area contributed by atoms with Gasteiger partial charge in [0.1, 0.15) is 5.82 Å². The summed E-state index contributed by atoms with van der Waals surface area (Å²) >= 11 is 5.73. The van der Waals surface area contributed by atoms with Crippen LogP contribution in [0.15, 0.2) is 18.2 Å². The van der Waals surface area contributed by atoms with Gasteiger partial charge >= 0.3 is 5.97 Å². The smallest absolute Gasteiger partial charge is 0.305 e. The van der Waals surface area contributed by atoms with Crippen molar-refractivity contribution in [2.75, 3.05) is 0 Å². The van der Waals surface area contributed by atoms with E-state index in [1.807, 2.05) is 0 Å². The van der Waals surface area contributed by atoms with E-state index in [2.05, 4.69) is 0 Å². The van der Waals surface area contributed by atoms with Gasteiger partial charge in [0.2, 0.25) is 0 Å². The summed E-state index contributed by atoms with van der Waals surface area (Å²) in [4.78, 5) is 10.4. The summed E-state index contributed by atoms with van der Waals surface area (Å²) in [6.45, 7) is 0. The zero-order valence-electron chi connectivity index (χ0n) is 7.21. The standard InChI is InChI=1S/C9H9ClFNO2/c10-7-2-1-5(11)3-6(7)8(12)4-9(13)14/h1-3,8H,4,12H2,(H,13,14)/t8-/m1/s1. The number of hydrogen-bond donors (Lipinski definition) is 2. The van der Waals surface area contributed by atoms with E-state index in [0.29, 0.717) is 5.56 Å². The highest BCUT2D eigenvalue weighted by Crippen LogP contribution is 2.24. The number of hydrogen-bond acceptors (Lipinski definition) is 2. The fourth-order valence-corrected chi connectivity index (χ4v) is 1.35. The second-order valence-electron chi connectivity index (χ2n) is 2.87. The molecule has 14 heavy (non-hydrogen) atoms. The van der Waals surface area contributed by atoms with Crippen molar-refractivity contribution in [3.05, 3.63) is 34.6 Å². The molecule has 0 aromatic heterocycles. The van der Waals surface area contributed by atoms with Crippen molar-refractivity contribution >= 4 is 17.6 Å². The van der Waals surface area contributed by atoms with Crippen molar-refractivity contribution in [1.82, 2.24) is 0 Å². The lowest BCUT2D eigenvalue weighted by atomic mass is 10.0. The van der Waals surface area contributed by atoms with E-state index in [-0.39, 0.29) is 11.4 Å². The Kier molecular flexibility index (Phi) is 3.43. The monoisotopic (exact) mass is 217 g/mol. The average Bonchev–Trinajstić information content (AvgIpc) is 2.08. The largest absolute Gasteiger partial charge is 0.481 e. The first kappa shape index (κ1) is 10.9. The zero-order chi connectivity index (χ0) is 10.7.